The largest absolute Gasteiger partial charge is 0.404 e. The number of nitrogens with two attached hydrogens (primary N) is 2. The number of piperidine rings is 1. The first-order chi connectivity index (χ1) is 13.4. The molecular weight excluding hydrogens is 350 g/mol. The lowest BCUT2D eigenvalue weighted by Crippen LogP contribution is -2.36. The van der Waals surface area contributed by atoms with Crippen LogP contribution in [0.3, 0.4) is 0 Å². The third-order valence-electron chi connectivity index (χ3n) is 5.08. The van der Waals surface area contributed by atoms with E-state index in [-0.39, 0.29) is 0 Å². The highest BCUT2D eigenvalue weighted by atomic mass is 15.1. The van der Waals surface area contributed by atoms with Gasteiger partial charge in [-0.05, 0) is 74.9 Å². The van der Waals surface area contributed by atoms with Gasteiger partial charge in [0.15, 0.2) is 0 Å². The number of likely N-dealkylation sites (tertiary alicyclic amines) is 1. The summed E-state index contributed by atoms with van der Waals surface area (Å²) in [5.74, 6) is 1.48. The van der Waals surface area contributed by atoms with Crippen molar-refractivity contribution >= 4 is 22.5 Å². The molecule has 0 bridgehead atoms. The fourth-order valence-electron chi connectivity index (χ4n) is 3.31. The average Bonchev–Trinajstić information content (AvgIpc) is 2.67. The molecule has 2 aromatic rings. The van der Waals surface area contributed by atoms with E-state index in [1.165, 1.54) is 0 Å². The Morgan fingerprint density at radius 2 is 2.00 bits per heavy atom. The van der Waals surface area contributed by atoms with Crippen LogP contribution >= 0.6 is 0 Å². The quantitative estimate of drug-likeness (QED) is 0.570. The summed E-state index contributed by atoms with van der Waals surface area (Å²) < 4.78 is 0. The topological polar surface area (TPSA) is 105 Å². The molecule has 150 valence electrons. The number of anilines is 2. The molecule has 7 heteroatoms. The van der Waals surface area contributed by atoms with Crippen LogP contribution in [-0.4, -0.2) is 41.0 Å². The van der Waals surface area contributed by atoms with Crippen LogP contribution in [0.2, 0.25) is 0 Å². The number of nitrogens with zero attached hydrogens (tertiary/aromatic N) is 3. The Kier molecular flexibility index (Phi) is 6.36. The molecule has 0 spiro atoms. The van der Waals surface area contributed by atoms with Crippen molar-refractivity contribution in [1.82, 2.24) is 14.9 Å². The monoisotopic (exact) mass is 381 g/mol. The van der Waals surface area contributed by atoms with Crippen molar-refractivity contribution in [3.63, 3.8) is 0 Å². The van der Waals surface area contributed by atoms with Gasteiger partial charge < -0.3 is 27.0 Å². The number of aromatic nitrogens is 2. The Labute approximate surface area is 166 Å². The molecule has 3 rings (SSSR count). The Hall–Kier alpha value is -2.80. The lowest BCUT2D eigenvalue weighted by atomic mass is 10.0. The van der Waals surface area contributed by atoms with Crippen molar-refractivity contribution in [3.8, 4) is 0 Å². The van der Waals surface area contributed by atoms with Crippen molar-refractivity contribution < 1.29 is 0 Å². The minimum atomic E-state index is 0.298. The maximum atomic E-state index is 6.11. The summed E-state index contributed by atoms with van der Waals surface area (Å²) in [6.45, 7) is 6.38. The zero-order chi connectivity index (χ0) is 20.1. The van der Waals surface area contributed by atoms with Gasteiger partial charge in [0.2, 0.25) is 0 Å². The van der Waals surface area contributed by atoms with Gasteiger partial charge in [-0.25, -0.2) is 4.98 Å². The maximum Gasteiger partial charge on any atom is 0.132 e. The summed E-state index contributed by atoms with van der Waals surface area (Å²) in [6.07, 6.45) is 7.57. The van der Waals surface area contributed by atoms with E-state index in [0.717, 1.165) is 48.2 Å². The van der Waals surface area contributed by atoms with Gasteiger partial charge in [-0.15, -0.1) is 0 Å². The number of pyridine rings is 2. The lowest BCUT2D eigenvalue weighted by molar-refractivity contribution is 0.264. The normalized spacial score (nSPS) is 17.3. The molecule has 3 heterocycles. The van der Waals surface area contributed by atoms with E-state index in [9.17, 15) is 0 Å². The van der Waals surface area contributed by atoms with Gasteiger partial charge in [0.25, 0.3) is 0 Å². The maximum absolute atomic E-state index is 6.11. The van der Waals surface area contributed by atoms with Gasteiger partial charge >= 0.3 is 0 Å². The SMILES string of the molecule is CC(C)C(=C/N)/C=C(\N)Nc1ccc2ncc(NC3CCN(C)CC3)cc2n1. The molecule has 0 saturated carbocycles. The van der Waals surface area contributed by atoms with Crippen LogP contribution in [0.5, 0.6) is 0 Å². The number of rotatable bonds is 6. The molecule has 0 unspecified atom stereocenters. The van der Waals surface area contributed by atoms with Gasteiger partial charge in [0, 0.05) is 6.04 Å². The number of allylic oxidation sites excluding steroid dienone is 2. The second-order valence-corrected chi connectivity index (χ2v) is 7.73. The number of nitrogens with one attached hydrogen (secondary N) is 2. The highest BCUT2D eigenvalue weighted by Crippen LogP contribution is 2.21. The van der Waals surface area contributed by atoms with Crippen molar-refractivity contribution in [2.24, 2.45) is 17.4 Å². The molecule has 1 fully saturated rings. The minimum absolute atomic E-state index is 0.298. The Morgan fingerprint density at radius 3 is 2.68 bits per heavy atom. The first-order valence-corrected chi connectivity index (χ1v) is 9.82. The highest BCUT2D eigenvalue weighted by molar-refractivity contribution is 5.79. The minimum Gasteiger partial charge on any atom is -0.404 e. The number of fused-ring (bicyclic) bond motifs is 1. The lowest BCUT2D eigenvalue weighted by Gasteiger charge is -2.30. The molecule has 6 N–H and O–H groups in total. The van der Waals surface area contributed by atoms with Crippen LogP contribution in [0.4, 0.5) is 11.5 Å². The van der Waals surface area contributed by atoms with Crippen LogP contribution < -0.4 is 22.1 Å². The van der Waals surface area contributed by atoms with Gasteiger partial charge in [-0.3, -0.25) is 4.98 Å². The summed E-state index contributed by atoms with van der Waals surface area (Å²) in [7, 11) is 2.17. The molecule has 0 amide bonds. The predicted molar refractivity (Wildman–Crippen MR) is 117 cm³/mol. The second-order valence-electron chi connectivity index (χ2n) is 7.73. The smallest absolute Gasteiger partial charge is 0.132 e. The molecule has 0 aliphatic carbocycles. The molecule has 1 aliphatic rings. The van der Waals surface area contributed by atoms with Crippen LogP contribution in [0.15, 0.2) is 48.1 Å². The van der Waals surface area contributed by atoms with Crippen molar-refractivity contribution in [1.29, 1.82) is 0 Å². The van der Waals surface area contributed by atoms with Gasteiger partial charge in [0.1, 0.15) is 11.6 Å². The van der Waals surface area contributed by atoms with Crippen molar-refractivity contribution in [2.45, 2.75) is 32.7 Å². The van der Waals surface area contributed by atoms with Crippen LogP contribution in [0, 0.1) is 5.92 Å². The second kappa shape index (κ2) is 8.93. The molecule has 7 nitrogen and oxygen atoms in total. The summed E-state index contributed by atoms with van der Waals surface area (Å²) in [5, 5.41) is 6.73. The van der Waals surface area contributed by atoms with Crippen molar-refractivity contribution in [2.75, 3.05) is 30.8 Å². The summed E-state index contributed by atoms with van der Waals surface area (Å²) in [6, 6.07) is 6.35. The molecule has 0 radical (unpaired) electrons. The molecule has 1 aliphatic heterocycles. The van der Waals surface area contributed by atoms with E-state index in [2.05, 4.69) is 46.4 Å². The first-order valence-electron chi connectivity index (χ1n) is 9.82. The molecular formula is C21H31N7. The molecule has 28 heavy (non-hydrogen) atoms. The Balaban J connectivity index is 1.74. The summed E-state index contributed by atoms with van der Waals surface area (Å²) in [5.41, 5.74) is 15.4. The molecule has 0 atom stereocenters. The zero-order valence-electron chi connectivity index (χ0n) is 16.9. The zero-order valence-corrected chi connectivity index (χ0v) is 16.9. The van der Waals surface area contributed by atoms with Crippen molar-refractivity contribution in [3.05, 3.63) is 48.1 Å². The first kappa shape index (κ1) is 19.9. The van der Waals surface area contributed by atoms with E-state index < -0.39 is 0 Å². The number of hydrogen-bond acceptors (Lipinski definition) is 7. The number of hydrogen-bond donors (Lipinski definition) is 4. The summed E-state index contributed by atoms with van der Waals surface area (Å²) >= 11 is 0. The van der Waals surface area contributed by atoms with Gasteiger partial charge in [-0.2, -0.15) is 0 Å². The van der Waals surface area contributed by atoms with Gasteiger partial charge in [-0.1, -0.05) is 13.8 Å². The van der Waals surface area contributed by atoms with E-state index in [0.29, 0.717) is 23.6 Å². The van der Waals surface area contributed by atoms with Gasteiger partial charge in [0.05, 0.1) is 22.9 Å². The molecule has 1 saturated heterocycles. The standard InChI is InChI=1S/C21H31N7/c1-14(2)15(12-22)10-20(23)27-21-5-4-18-19(26-21)11-17(13-24-18)25-16-6-8-28(3)9-7-16/h4-5,10-14,16,25H,6-9,22-23H2,1-3H3,(H,26,27)/b15-12+,20-10+. The van der Waals surface area contributed by atoms with Crippen LogP contribution in [0.25, 0.3) is 11.0 Å². The van der Waals surface area contributed by atoms with Crippen LogP contribution in [0.1, 0.15) is 26.7 Å². The predicted octanol–water partition coefficient (Wildman–Crippen LogP) is 2.85. The summed E-state index contributed by atoms with van der Waals surface area (Å²) in [4.78, 5) is 11.6. The Morgan fingerprint density at radius 1 is 1.25 bits per heavy atom. The third kappa shape index (κ3) is 5.13. The van der Waals surface area contributed by atoms with E-state index >= 15 is 0 Å². The van der Waals surface area contributed by atoms with E-state index in [1.807, 2.05) is 30.5 Å². The third-order valence-corrected chi connectivity index (χ3v) is 5.08. The van der Waals surface area contributed by atoms with Crippen LogP contribution in [-0.2, 0) is 0 Å². The molecule has 0 aromatic carbocycles. The van der Waals surface area contributed by atoms with E-state index in [4.69, 9.17) is 11.5 Å². The van der Waals surface area contributed by atoms with E-state index in [1.54, 1.807) is 6.20 Å². The fraction of sp³-hybridized carbons (Fsp3) is 0.429. The molecule has 2 aromatic heterocycles. The Bertz CT molecular complexity index is 864. The highest BCUT2D eigenvalue weighted by Gasteiger charge is 2.16. The fourth-order valence-corrected chi connectivity index (χ4v) is 3.31. The average molecular weight is 382 g/mol.